The molecule has 3 heteroatoms. The molecule has 1 heterocycles. The van der Waals surface area contributed by atoms with Gasteiger partial charge in [0, 0.05) is 38.3 Å². The average Bonchev–Trinajstić information content (AvgIpc) is 2.26. The molecule has 3 nitrogen and oxygen atoms in total. The van der Waals surface area contributed by atoms with Crippen LogP contribution in [0.15, 0.2) is 0 Å². The summed E-state index contributed by atoms with van der Waals surface area (Å²) >= 11 is 0. The monoisotopic (exact) mass is 214 g/mol. The molecule has 0 saturated carbocycles. The SMILES string of the molecule is CC(C)N1CC(CCO)NCC(C)(C)C1. The Kier molecular flexibility index (Phi) is 4.56. The first-order valence-corrected chi connectivity index (χ1v) is 6.03. The molecular weight excluding hydrogens is 188 g/mol. The van der Waals surface area contributed by atoms with Crippen LogP contribution in [-0.2, 0) is 0 Å². The molecule has 0 aromatic heterocycles. The van der Waals surface area contributed by atoms with Crippen LogP contribution in [-0.4, -0.2) is 48.3 Å². The summed E-state index contributed by atoms with van der Waals surface area (Å²) in [4.78, 5) is 2.51. The molecule has 0 amide bonds. The highest BCUT2D eigenvalue weighted by atomic mass is 16.3. The van der Waals surface area contributed by atoms with Crippen molar-refractivity contribution < 1.29 is 5.11 Å². The zero-order valence-corrected chi connectivity index (χ0v) is 10.6. The van der Waals surface area contributed by atoms with Gasteiger partial charge < -0.3 is 10.4 Å². The van der Waals surface area contributed by atoms with Crippen LogP contribution in [0, 0.1) is 5.41 Å². The molecule has 90 valence electrons. The zero-order valence-electron chi connectivity index (χ0n) is 10.6. The van der Waals surface area contributed by atoms with Gasteiger partial charge in [0.05, 0.1) is 0 Å². The van der Waals surface area contributed by atoms with Crippen molar-refractivity contribution in [1.29, 1.82) is 0 Å². The number of rotatable bonds is 3. The summed E-state index contributed by atoms with van der Waals surface area (Å²) in [5.41, 5.74) is 0.328. The van der Waals surface area contributed by atoms with Gasteiger partial charge in [-0.1, -0.05) is 13.8 Å². The van der Waals surface area contributed by atoms with E-state index in [-0.39, 0.29) is 6.61 Å². The van der Waals surface area contributed by atoms with E-state index in [9.17, 15) is 0 Å². The van der Waals surface area contributed by atoms with Crippen molar-refractivity contribution in [2.24, 2.45) is 5.41 Å². The van der Waals surface area contributed by atoms with Crippen molar-refractivity contribution in [2.75, 3.05) is 26.2 Å². The summed E-state index contributed by atoms with van der Waals surface area (Å²) in [7, 11) is 0. The third-order valence-corrected chi connectivity index (χ3v) is 3.16. The highest BCUT2D eigenvalue weighted by molar-refractivity contribution is 4.86. The first-order chi connectivity index (χ1) is 6.94. The lowest BCUT2D eigenvalue weighted by Crippen LogP contribution is -2.41. The number of aliphatic hydroxyl groups is 1. The van der Waals surface area contributed by atoms with Gasteiger partial charge >= 0.3 is 0 Å². The zero-order chi connectivity index (χ0) is 11.5. The summed E-state index contributed by atoms with van der Waals surface area (Å²) in [6.45, 7) is 12.6. The van der Waals surface area contributed by atoms with E-state index in [4.69, 9.17) is 5.11 Å². The van der Waals surface area contributed by atoms with Gasteiger partial charge in [0.1, 0.15) is 0 Å². The van der Waals surface area contributed by atoms with E-state index in [0.717, 1.165) is 26.1 Å². The van der Waals surface area contributed by atoms with Crippen LogP contribution in [0.4, 0.5) is 0 Å². The first kappa shape index (κ1) is 12.9. The summed E-state index contributed by atoms with van der Waals surface area (Å²) < 4.78 is 0. The van der Waals surface area contributed by atoms with Crippen molar-refractivity contribution >= 4 is 0 Å². The molecule has 1 saturated heterocycles. The highest BCUT2D eigenvalue weighted by Crippen LogP contribution is 2.21. The predicted octanol–water partition coefficient (Wildman–Crippen LogP) is 1.08. The van der Waals surface area contributed by atoms with E-state index in [1.54, 1.807) is 0 Å². The van der Waals surface area contributed by atoms with Crippen LogP contribution in [0.3, 0.4) is 0 Å². The number of aliphatic hydroxyl groups excluding tert-OH is 1. The third kappa shape index (κ3) is 4.09. The lowest BCUT2D eigenvalue weighted by atomic mass is 9.93. The molecule has 1 rings (SSSR count). The Morgan fingerprint density at radius 1 is 1.47 bits per heavy atom. The normalized spacial score (nSPS) is 28.0. The molecular formula is C12H26N2O. The fourth-order valence-electron chi connectivity index (χ4n) is 2.18. The summed E-state index contributed by atoms with van der Waals surface area (Å²) in [5, 5.41) is 12.6. The Balaban J connectivity index is 2.62. The lowest BCUT2D eigenvalue weighted by Gasteiger charge is -2.32. The van der Waals surface area contributed by atoms with Gasteiger partial charge in [-0.15, -0.1) is 0 Å². The standard InChI is InChI=1S/C12H26N2O/c1-10(2)14-7-11(5-6-15)13-8-12(3,4)9-14/h10-11,13,15H,5-9H2,1-4H3. The van der Waals surface area contributed by atoms with Crippen molar-refractivity contribution in [3.8, 4) is 0 Å². The maximum atomic E-state index is 9.01. The predicted molar refractivity (Wildman–Crippen MR) is 64.0 cm³/mol. The highest BCUT2D eigenvalue weighted by Gasteiger charge is 2.29. The van der Waals surface area contributed by atoms with Crippen molar-refractivity contribution in [3.05, 3.63) is 0 Å². The van der Waals surface area contributed by atoms with Crippen LogP contribution in [0.2, 0.25) is 0 Å². The molecule has 0 spiro atoms. The largest absolute Gasteiger partial charge is 0.396 e. The Hall–Kier alpha value is -0.120. The molecule has 1 aliphatic rings. The molecule has 1 fully saturated rings. The van der Waals surface area contributed by atoms with Gasteiger partial charge in [-0.2, -0.15) is 0 Å². The van der Waals surface area contributed by atoms with E-state index in [2.05, 4.69) is 37.9 Å². The van der Waals surface area contributed by atoms with Gasteiger partial charge in [0.2, 0.25) is 0 Å². The Morgan fingerprint density at radius 3 is 2.67 bits per heavy atom. The fourth-order valence-corrected chi connectivity index (χ4v) is 2.18. The molecule has 0 aromatic rings. The Morgan fingerprint density at radius 2 is 2.13 bits per heavy atom. The second kappa shape index (κ2) is 5.28. The van der Waals surface area contributed by atoms with E-state index >= 15 is 0 Å². The maximum Gasteiger partial charge on any atom is 0.0446 e. The minimum Gasteiger partial charge on any atom is -0.396 e. The van der Waals surface area contributed by atoms with Gasteiger partial charge in [0.15, 0.2) is 0 Å². The molecule has 0 bridgehead atoms. The molecule has 0 aromatic carbocycles. The number of hydrogen-bond donors (Lipinski definition) is 2. The second-order valence-electron chi connectivity index (χ2n) is 5.78. The number of nitrogens with one attached hydrogen (secondary N) is 1. The average molecular weight is 214 g/mol. The molecule has 0 radical (unpaired) electrons. The van der Waals surface area contributed by atoms with E-state index in [0.29, 0.717) is 17.5 Å². The molecule has 1 aliphatic heterocycles. The Labute approximate surface area is 93.9 Å². The van der Waals surface area contributed by atoms with E-state index in [1.165, 1.54) is 0 Å². The van der Waals surface area contributed by atoms with Crippen molar-refractivity contribution in [2.45, 2.75) is 46.2 Å². The van der Waals surface area contributed by atoms with E-state index in [1.807, 2.05) is 0 Å². The van der Waals surface area contributed by atoms with Crippen molar-refractivity contribution in [3.63, 3.8) is 0 Å². The molecule has 0 aliphatic carbocycles. The fraction of sp³-hybridized carbons (Fsp3) is 1.00. The minimum atomic E-state index is 0.282. The van der Waals surface area contributed by atoms with Gasteiger partial charge in [-0.25, -0.2) is 0 Å². The summed E-state index contributed by atoms with van der Waals surface area (Å²) in [6, 6.07) is 1.03. The van der Waals surface area contributed by atoms with Crippen LogP contribution in [0.25, 0.3) is 0 Å². The van der Waals surface area contributed by atoms with Gasteiger partial charge in [0.25, 0.3) is 0 Å². The number of hydrogen-bond acceptors (Lipinski definition) is 3. The van der Waals surface area contributed by atoms with Gasteiger partial charge in [-0.3, -0.25) is 4.90 Å². The molecule has 1 unspecified atom stereocenters. The van der Waals surface area contributed by atoms with Gasteiger partial charge in [-0.05, 0) is 25.7 Å². The van der Waals surface area contributed by atoms with E-state index < -0.39 is 0 Å². The second-order valence-corrected chi connectivity index (χ2v) is 5.78. The van der Waals surface area contributed by atoms with Crippen LogP contribution < -0.4 is 5.32 Å². The van der Waals surface area contributed by atoms with Crippen LogP contribution in [0.1, 0.15) is 34.1 Å². The molecule has 15 heavy (non-hydrogen) atoms. The summed E-state index contributed by atoms with van der Waals surface area (Å²) in [6.07, 6.45) is 0.860. The van der Waals surface area contributed by atoms with Crippen molar-refractivity contribution in [1.82, 2.24) is 10.2 Å². The molecule has 2 N–H and O–H groups in total. The lowest BCUT2D eigenvalue weighted by molar-refractivity contribution is 0.159. The third-order valence-electron chi connectivity index (χ3n) is 3.16. The first-order valence-electron chi connectivity index (χ1n) is 6.03. The topological polar surface area (TPSA) is 35.5 Å². The summed E-state index contributed by atoms with van der Waals surface area (Å²) in [5.74, 6) is 0. The smallest absolute Gasteiger partial charge is 0.0446 e. The van der Waals surface area contributed by atoms with Crippen LogP contribution >= 0.6 is 0 Å². The minimum absolute atomic E-state index is 0.282. The maximum absolute atomic E-state index is 9.01. The number of nitrogens with zero attached hydrogens (tertiary/aromatic N) is 1. The molecule has 1 atom stereocenters. The quantitative estimate of drug-likeness (QED) is 0.738. The Bertz CT molecular complexity index is 192. The van der Waals surface area contributed by atoms with Crippen LogP contribution in [0.5, 0.6) is 0 Å².